The van der Waals surface area contributed by atoms with Crippen LogP contribution in [0.5, 0.6) is 0 Å². The molecule has 7 nitrogen and oxygen atoms in total. The lowest BCUT2D eigenvalue weighted by Crippen LogP contribution is -2.64. The van der Waals surface area contributed by atoms with Gasteiger partial charge in [-0.15, -0.1) is 0 Å². The van der Waals surface area contributed by atoms with Crippen molar-refractivity contribution in [1.82, 2.24) is 4.90 Å². The minimum absolute atomic E-state index is 0.00806. The summed E-state index contributed by atoms with van der Waals surface area (Å²) >= 11 is 0. The number of likely N-dealkylation sites (tertiary alicyclic amines) is 1. The topological polar surface area (TPSA) is 74.3 Å². The van der Waals surface area contributed by atoms with Gasteiger partial charge in [0.25, 0.3) is 0 Å². The largest absolute Gasteiger partial charge is 0.462 e. The Bertz CT molecular complexity index is 786. The van der Waals surface area contributed by atoms with Crippen LogP contribution in [0.2, 0.25) is 0 Å². The number of carbonyl (C=O) groups excluding carboxylic acids is 2. The van der Waals surface area contributed by atoms with E-state index in [1.807, 2.05) is 25.7 Å². The van der Waals surface area contributed by atoms with Gasteiger partial charge in [0.15, 0.2) is 5.79 Å². The molecule has 0 aromatic heterocycles. The molecule has 0 bridgehead atoms. The average Bonchev–Trinajstić information content (AvgIpc) is 3.21. The van der Waals surface area contributed by atoms with E-state index in [4.69, 9.17) is 18.9 Å². The second-order valence-electron chi connectivity index (χ2n) is 12.5. The molecule has 5 rings (SSSR count). The molecule has 5 fully saturated rings. The molecular weight excluding hydrogens is 434 g/mol. The van der Waals surface area contributed by atoms with Crippen LogP contribution in [0.4, 0.5) is 4.79 Å². The van der Waals surface area contributed by atoms with Crippen molar-refractivity contribution in [3.05, 3.63) is 0 Å². The summed E-state index contributed by atoms with van der Waals surface area (Å²) < 4.78 is 24.6. The number of fused-ring (bicyclic) bond motifs is 3. The molecule has 7 heteroatoms. The van der Waals surface area contributed by atoms with Crippen LogP contribution >= 0.6 is 0 Å². The minimum Gasteiger partial charge on any atom is -0.462 e. The Hall–Kier alpha value is -1.34. The Labute approximate surface area is 204 Å². The molecule has 0 N–H and O–H groups in total. The Balaban J connectivity index is 1.48. The third kappa shape index (κ3) is 4.25. The van der Waals surface area contributed by atoms with Crippen molar-refractivity contribution in [3.8, 4) is 0 Å². The molecule has 2 saturated carbocycles. The van der Waals surface area contributed by atoms with Gasteiger partial charge in [0.05, 0.1) is 19.1 Å². The van der Waals surface area contributed by atoms with Gasteiger partial charge in [-0.1, -0.05) is 12.8 Å². The quantitative estimate of drug-likeness (QED) is 0.500. The van der Waals surface area contributed by atoms with Gasteiger partial charge in [-0.05, 0) is 84.5 Å². The van der Waals surface area contributed by atoms with E-state index in [9.17, 15) is 9.59 Å². The van der Waals surface area contributed by atoms with Crippen LogP contribution in [-0.4, -0.2) is 59.8 Å². The van der Waals surface area contributed by atoms with E-state index in [2.05, 4.69) is 13.8 Å². The van der Waals surface area contributed by atoms with E-state index >= 15 is 0 Å². The number of ether oxygens (including phenoxy) is 4. The normalized spacial score (nSPS) is 42.0. The number of rotatable bonds is 1. The molecule has 3 saturated heterocycles. The maximum atomic E-state index is 13.4. The fourth-order valence-corrected chi connectivity index (χ4v) is 7.96. The third-order valence-electron chi connectivity index (χ3n) is 9.25. The summed E-state index contributed by atoms with van der Waals surface area (Å²) in [5.74, 6) is 0.0194. The number of esters is 1. The second-order valence-corrected chi connectivity index (χ2v) is 12.5. The molecule has 2 aliphatic carbocycles. The van der Waals surface area contributed by atoms with E-state index in [-0.39, 0.29) is 48.0 Å². The monoisotopic (exact) mass is 477 g/mol. The minimum atomic E-state index is -0.721. The van der Waals surface area contributed by atoms with Gasteiger partial charge in [-0.25, -0.2) is 4.79 Å². The molecule has 0 radical (unpaired) electrons. The summed E-state index contributed by atoms with van der Waals surface area (Å²) in [5.41, 5.74) is -0.561. The van der Waals surface area contributed by atoms with Crippen LogP contribution in [0, 0.1) is 29.6 Å². The lowest BCUT2D eigenvalue weighted by molar-refractivity contribution is -0.255. The first-order valence-corrected chi connectivity index (χ1v) is 13.6. The van der Waals surface area contributed by atoms with Crippen molar-refractivity contribution in [2.45, 2.75) is 116 Å². The standard InChI is InChI=1S/C27H43NO6/c1-16-10-11-21-22(28(16)25(30)34-26(3,4)5)14-18(15-27(21)31-12-13-32-27)23-20-9-7-6-8-19(20)17(2)33-24(23)29/h16-23H,6-15H2,1-5H3/t16-,17+,18-,19-,20+,21+,22+,23-/m0/s1. The van der Waals surface area contributed by atoms with E-state index < -0.39 is 11.4 Å². The number of amides is 1. The van der Waals surface area contributed by atoms with E-state index in [1.54, 1.807) is 0 Å². The van der Waals surface area contributed by atoms with E-state index in [0.717, 1.165) is 32.1 Å². The highest BCUT2D eigenvalue weighted by molar-refractivity contribution is 5.74. The summed E-state index contributed by atoms with van der Waals surface area (Å²) in [6.45, 7) is 11.0. The maximum absolute atomic E-state index is 13.4. The Morgan fingerprint density at radius 3 is 2.38 bits per heavy atom. The Morgan fingerprint density at radius 2 is 1.71 bits per heavy atom. The number of cyclic esters (lactones) is 1. The first kappa shape index (κ1) is 24.4. The van der Waals surface area contributed by atoms with Gasteiger partial charge in [0.2, 0.25) is 0 Å². The van der Waals surface area contributed by atoms with Crippen LogP contribution in [-0.2, 0) is 23.7 Å². The van der Waals surface area contributed by atoms with Gasteiger partial charge >= 0.3 is 12.1 Å². The highest BCUT2D eigenvalue weighted by Crippen LogP contribution is 2.55. The Kier molecular flexibility index (Phi) is 6.41. The molecular formula is C27H43NO6. The molecule has 1 spiro atoms. The molecule has 34 heavy (non-hydrogen) atoms. The highest BCUT2D eigenvalue weighted by Gasteiger charge is 2.60. The van der Waals surface area contributed by atoms with Crippen LogP contribution in [0.1, 0.15) is 86.0 Å². The van der Waals surface area contributed by atoms with Gasteiger partial charge in [0.1, 0.15) is 11.7 Å². The van der Waals surface area contributed by atoms with Gasteiger partial charge < -0.3 is 23.8 Å². The summed E-state index contributed by atoms with van der Waals surface area (Å²) in [5, 5.41) is 0. The van der Waals surface area contributed by atoms with Crippen LogP contribution in [0.3, 0.4) is 0 Å². The van der Waals surface area contributed by atoms with Crippen molar-refractivity contribution in [2.24, 2.45) is 29.6 Å². The predicted octanol–water partition coefficient (Wildman–Crippen LogP) is 4.91. The molecule has 192 valence electrons. The number of nitrogens with zero attached hydrogens (tertiary/aromatic N) is 1. The number of carbonyl (C=O) groups is 2. The average molecular weight is 478 g/mol. The lowest BCUT2D eigenvalue weighted by atomic mass is 9.59. The molecule has 0 aromatic rings. The summed E-state index contributed by atoms with van der Waals surface area (Å²) in [6, 6.07) is 0.0127. The van der Waals surface area contributed by atoms with E-state index in [1.165, 1.54) is 12.8 Å². The van der Waals surface area contributed by atoms with Crippen molar-refractivity contribution in [3.63, 3.8) is 0 Å². The fourth-order valence-electron chi connectivity index (χ4n) is 7.96. The zero-order valence-electron chi connectivity index (χ0n) is 21.6. The molecule has 8 atom stereocenters. The summed E-state index contributed by atoms with van der Waals surface area (Å²) in [7, 11) is 0. The fraction of sp³-hybridized carbons (Fsp3) is 0.926. The van der Waals surface area contributed by atoms with Gasteiger partial charge in [-0.3, -0.25) is 4.79 Å². The zero-order valence-corrected chi connectivity index (χ0v) is 21.6. The van der Waals surface area contributed by atoms with Gasteiger partial charge in [0, 0.05) is 24.4 Å². The third-order valence-corrected chi connectivity index (χ3v) is 9.25. The Morgan fingerprint density at radius 1 is 1.03 bits per heavy atom. The van der Waals surface area contributed by atoms with Crippen LogP contribution in [0.15, 0.2) is 0 Å². The second kappa shape index (κ2) is 8.95. The first-order valence-electron chi connectivity index (χ1n) is 13.6. The van der Waals surface area contributed by atoms with E-state index in [0.29, 0.717) is 31.5 Å². The van der Waals surface area contributed by atoms with Crippen LogP contribution < -0.4 is 0 Å². The van der Waals surface area contributed by atoms with Crippen molar-refractivity contribution >= 4 is 12.1 Å². The molecule has 0 unspecified atom stereocenters. The van der Waals surface area contributed by atoms with Crippen LogP contribution in [0.25, 0.3) is 0 Å². The van der Waals surface area contributed by atoms with Crippen molar-refractivity contribution < 1.29 is 28.5 Å². The smallest absolute Gasteiger partial charge is 0.410 e. The number of piperidine rings is 1. The van der Waals surface area contributed by atoms with Crippen molar-refractivity contribution in [2.75, 3.05) is 13.2 Å². The summed E-state index contributed by atoms with van der Waals surface area (Å²) in [6.07, 6.45) is 7.67. The van der Waals surface area contributed by atoms with Crippen molar-refractivity contribution in [1.29, 1.82) is 0 Å². The van der Waals surface area contributed by atoms with Gasteiger partial charge in [-0.2, -0.15) is 0 Å². The molecule has 3 aliphatic heterocycles. The first-order chi connectivity index (χ1) is 16.1. The zero-order chi connectivity index (χ0) is 24.3. The SMILES string of the molecule is C[C@H]1OC(=O)[C@@H]([C@H]2C[C@@H]3[C@@H](CC[C@H](C)N3C(=O)OC(C)(C)C)C3(C2)OCCO3)[C@@H]2CCCC[C@H]21. The summed E-state index contributed by atoms with van der Waals surface area (Å²) in [4.78, 5) is 28.8. The molecule has 5 aliphatic rings. The highest BCUT2D eigenvalue weighted by atomic mass is 16.7. The molecule has 3 heterocycles. The lowest BCUT2D eigenvalue weighted by Gasteiger charge is -2.57. The maximum Gasteiger partial charge on any atom is 0.410 e. The number of hydrogen-bond acceptors (Lipinski definition) is 6. The number of hydrogen-bond donors (Lipinski definition) is 0. The predicted molar refractivity (Wildman–Crippen MR) is 126 cm³/mol. The molecule has 1 amide bonds. The molecule has 0 aromatic carbocycles.